The van der Waals surface area contributed by atoms with Crippen LogP contribution in [0.5, 0.6) is 0 Å². The monoisotopic (exact) mass is 1450 g/mol. The number of unbranched alkanes of at least 4 members (excludes halogenated alkanes) is 31. The van der Waals surface area contributed by atoms with Crippen molar-refractivity contribution < 1.29 is 80.2 Å². The third kappa shape index (κ3) is 72.1. The van der Waals surface area contributed by atoms with E-state index in [-0.39, 0.29) is 25.7 Å². The minimum Gasteiger partial charge on any atom is -0.462 e. The first-order valence-electron chi connectivity index (χ1n) is 39.2. The smallest absolute Gasteiger partial charge is 0.462 e. The van der Waals surface area contributed by atoms with E-state index in [2.05, 4.69) is 125 Å². The fourth-order valence-electron chi connectivity index (χ4n) is 10.2. The van der Waals surface area contributed by atoms with Gasteiger partial charge < -0.3 is 33.8 Å². The molecule has 0 aromatic heterocycles. The van der Waals surface area contributed by atoms with Gasteiger partial charge >= 0.3 is 39.5 Å². The highest BCUT2D eigenvalue weighted by Gasteiger charge is 2.30. The molecule has 0 rings (SSSR count). The molecule has 2 unspecified atom stereocenters. The molecule has 0 aliphatic carbocycles. The first kappa shape index (κ1) is 95.7. The number of allylic oxidation sites excluding steroid dienone is 18. The van der Waals surface area contributed by atoms with Gasteiger partial charge in [0.1, 0.15) is 19.3 Å². The summed E-state index contributed by atoms with van der Waals surface area (Å²) >= 11 is 0. The lowest BCUT2D eigenvalue weighted by Gasteiger charge is -2.21. The van der Waals surface area contributed by atoms with Gasteiger partial charge in [0.15, 0.2) is 12.2 Å². The predicted octanol–water partition coefficient (Wildman–Crippen LogP) is 22.6. The van der Waals surface area contributed by atoms with Crippen LogP contribution in [0.25, 0.3) is 0 Å². The molecule has 19 heteroatoms. The van der Waals surface area contributed by atoms with Gasteiger partial charge in [-0.3, -0.25) is 37.3 Å². The number of carbonyl (C=O) groups excluding carboxylic acids is 4. The lowest BCUT2D eigenvalue weighted by Crippen LogP contribution is -2.30. The van der Waals surface area contributed by atoms with Crippen LogP contribution < -0.4 is 0 Å². The zero-order valence-corrected chi connectivity index (χ0v) is 64.6. The van der Waals surface area contributed by atoms with Gasteiger partial charge in [-0.1, -0.05) is 265 Å². The highest BCUT2D eigenvalue weighted by Crippen LogP contribution is 2.45. The normalized spacial score (nSPS) is 14.5. The molecule has 576 valence electrons. The SMILES string of the molecule is CCCCC/C=C\C/C=C\C/C=C\C/C=C\CCCC(=O)OC[C@H](COP(=O)(O)OC[C@@H](O)COP(=O)(O)OC[C@@H](COC(=O)CCCCCCC/C=C\C=C/CCCCCC)OC(=O)CCCCCCC/C=C\C=C/CCCCCC)OC(=O)CCCCCCC/C=C\CCCCCC. The van der Waals surface area contributed by atoms with Crippen molar-refractivity contribution in [1.29, 1.82) is 0 Å². The summed E-state index contributed by atoms with van der Waals surface area (Å²) in [4.78, 5) is 72.9. The summed E-state index contributed by atoms with van der Waals surface area (Å²) in [5.41, 5.74) is 0. The summed E-state index contributed by atoms with van der Waals surface area (Å²) in [6, 6.07) is 0. The Kier molecular flexibility index (Phi) is 69.9. The van der Waals surface area contributed by atoms with Crippen molar-refractivity contribution in [1.82, 2.24) is 0 Å². The lowest BCUT2D eigenvalue weighted by atomic mass is 10.1. The third-order valence-electron chi connectivity index (χ3n) is 16.2. The van der Waals surface area contributed by atoms with Gasteiger partial charge in [-0.15, -0.1) is 0 Å². The Bertz CT molecular complexity index is 2320. The Morgan fingerprint density at radius 2 is 0.530 bits per heavy atom. The topological polar surface area (TPSA) is 237 Å². The second-order valence-electron chi connectivity index (χ2n) is 26.0. The van der Waals surface area contributed by atoms with Crippen LogP contribution in [-0.4, -0.2) is 96.7 Å². The average molecular weight is 1450 g/mol. The summed E-state index contributed by atoms with van der Waals surface area (Å²) in [5, 5.41) is 10.6. The molecule has 5 atom stereocenters. The Morgan fingerprint density at radius 3 is 0.880 bits per heavy atom. The molecule has 0 aliphatic rings. The van der Waals surface area contributed by atoms with Crippen molar-refractivity contribution in [2.75, 3.05) is 39.6 Å². The Hall–Kier alpha value is -4.28. The summed E-state index contributed by atoms with van der Waals surface area (Å²) in [6.45, 7) is 4.70. The number of hydrogen-bond donors (Lipinski definition) is 3. The van der Waals surface area contributed by atoms with Gasteiger partial charge in [0.05, 0.1) is 26.4 Å². The van der Waals surface area contributed by atoms with E-state index in [1.165, 1.54) is 96.3 Å². The molecular weight excluding hydrogens is 1310 g/mol. The average Bonchev–Trinajstić information content (AvgIpc) is 0.965. The van der Waals surface area contributed by atoms with Crippen LogP contribution in [0, 0.1) is 0 Å². The Balaban J connectivity index is 5.42. The van der Waals surface area contributed by atoms with Crippen LogP contribution in [0.15, 0.2) is 109 Å². The van der Waals surface area contributed by atoms with E-state index in [0.29, 0.717) is 32.1 Å². The number of ether oxygens (including phenoxy) is 4. The van der Waals surface area contributed by atoms with E-state index in [1.807, 2.05) is 12.2 Å². The van der Waals surface area contributed by atoms with Crippen LogP contribution in [0.4, 0.5) is 0 Å². The van der Waals surface area contributed by atoms with E-state index in [4.69, 9.17) is 37.0 Å². The van der Waals surface area contributed by atoms with Crippen LogP contribution >= 0.6 is 15.6 Å². The molecule has 0 heterocycles. The van der Waals surface area contributed by atoms with Gasteiger partial charge in [-0.2, -0.15) is 0 Å². The molecule has 0 saturated heterocycles. The number of aliphatic hydroxyl groups is 1. The molecule has 0 saturated carbocycles. The minimum absolute atomic E-state index is 0.0718. The van der Waals surface area contributed by atoms with Crippen LogP contribution in [0.2, 0.25) is 0 Å². The molecule has 0 aromatic carbocycles. The van der Waals surface area contributed by atoms with Gasteiger partial charge in [-0.05, 0) is 141 Å². The summed E-state index contributed by atoms with van der Waals surface area (Å²) in [6.07, 6.45) is 77.9. The summed E-state index contributed by atoms with van der Waals surface area (Å²) in [7, 11) is -9.98. The quantitative estimate of drug-likeness (QED) is 0.0128. The van der Waals surface area contributed by atoms with Crippen LogP contribution in [0.3, 0.4) is 0 Å². The highest BCUT2D eigenvalue weighted by atomic mass is 31.2. The second-order valence-corrected chi connectivity index (χ2v) is 28.9. The molecule has 0 aliphatic heterocycles. The first-order valence-corrected chi connectivity index (χ1v) is 42.2. The van der Waals surface area contributed by atoms with Gasteiger partial charge in [0, 0.05) is 25.7 Å². The molecule has 3 N–H and O–H groups in total. The second kappa shape index (κ2) is 73.0. The zero-order chi connectivity index (χ0) is 73.2. The fourth-order valence-corrected chi connectivity index (χ4v) is 11.8. The fraction of sp³-hybridized carbons (Fsp3) is 0.728. The number of hydrogen-bond acceptors (Lipinski definition) is 15. The van der Waals surface area contributed by atoms with E-state index in [0.717, 1.165) is 141 Å². The summed E-state index contributed by atoms with van der Waals surface area (Å²) < 4.78 is 68.4. The number of carbonyl (C=O) groups is 4. The zero-order valence-electron chi connectivity index (χ0n) is 62.8. The first-order chi connectivity index (χ1) is 48.7. The predicted molar refractivity (Wildman–Crippen MR) is 408 cm³/mol. The van der Waals surface area contributed by atoms with Gasteiger partial charge in [0.2, 0.25) is 0 Å². The number of phosphoric ester groups is 2. The molecule has 0 amide bonds. The maximum absolute atomic E-state index is 13.1. The third-order valence-corrected chi connectivity index (χ3v) is 18.1. The molecule has 0 bridgehead atoms. The number of rotatable bonds is 73. The lowest BCUT2D eigenvalue weighted by molar-refractivity contribution is -0.161. The molecule has 17 nitrogen and oxygen atoms in total. The Labute approximate surface area is 607 Å². The largest absolute Gasteiger partial charge is 0.472 e. The number of aliphatic hydroxyl groups excluding tert-OH is 1. The molecule has 0 radical (unpaired) electrons. The standard InChI is InChI=1S/C81H140O17P2/c1-5-9-13-17-21-25-29-33-36-37-40-43-46-50-54-58-62-66-79(84)92-71-76(97-80(85)67-63-59-55-51-47-41-32-28-24-20-16-12-8-4)73-95-99(87,88)93-69-75(82)70-94-100(89,90)96-74-77(98-81(86)68-64-60-56-52-48-44-39-35-31-27-23-19-15-11-7-3)72-91-78(83)65-61-57-53-49-45-42-38-34-30-26-22-18-14-10-6-2/h21,25-28,30-36,38-40,43,50,54,75-77,82H,5-20,22-24,29,37,41-42,44-49,51-53,55-74H2,1-4H3,(H,87,88)(H,89,90)/b25-21-,30-26-,31-27-,32-28-,36-33-,38-34-,39-35-,43-40-,54-50-/t75-,76-,77-/m1/s1. The van der Waals surface area contributed by atoms with Crippen molar-refractivity contribution in [3.05, 3.63) is 109 Å². The van der Waals surface area contributed by atoms with E-state index in [9.17, 15) is 43.2 Å². The maximum atomic E-state index is 13.1. The Morgan fingerprint density at radius 1 is 0.290 bits per heavy atom. The van der Waals surface area contributed by atoms with Crippen molar-refractivity contribution in [2.24, 2.45) is 0 Å². The van der Waals surface area contributed by atoms with Crippen molar-refractivity contribution in [3.8, 4) is 0 Å². The number of phosphoric acid groups is 2. The van der Waals surface area contributed by atoms with Crippen LogP contribution in [0.1, 0.15) is 323 Å². The van der Waals surface area contributed by atoms with Gasteiger partial charge in [-0.25, -0.2) is 9.13 Å². The van der Waals surface area contributed by atoms with E-state index in [1.54, 1.807) is 0 Å². The van der Waals surface area contributed by atoms with E-state index >= 15 is 0 Å². The van der Waals surface area contributed by atoms with Crippen molar-refractivity contribution in [3.63, 3.8) is 0 Å². The maximum Gasteiger partial charge on any atom is 0.472 e. The molecule has 0 fully saturated rings. The van der Waals surface area contributed by atoms with Crippen LogP contribution in [-0.2, 0) is 65.4 Å². The van der Waals surface area contributed by atoms with Crippen molar-refractivity contribution >= 4 is 39.5 Å². The molecule has 100 heavy (non-hydrogen) atoms. The molecule has 0 aromatic rings. The highest BCUT2D eigenvalue weighted by molar-refractivity contribution is 7.47. The van der Waals surface area contributed by atoms with E-state index < -0.39 is 97.5 Å². The van der Waals surface area contributed by atoms with Crippen molar-refractivity contribution in [2.45, 2.75) is 341 Å². The molecule has 0 spiro atoms. The minimum atomic E-state index is -4.99. The van der Waals surface area contributed by atoms with Gasteiger partial charge in [0.25, 0.3) is 0 Å². The summed E-state index contributed by atoms with van der Waals surface area (Å²) in [5.74, 6) is -2.28. The molecular formula is C81H140O17P2. The number of esters is 4.